The molecule has 1 aromatic carbocycles. The Hall–Kier alpha value is -1.95. The highest BCUT2D eigenvalue weighted by Crippen LogP contribution is 2.35. The summed E-state index contributed by atoms with van der Waals surface area (Å²) in [5, 5.41) is 0. The van der Waals surface area contributed by atoms with Crippen molar-refractivity contribution < 1.29 is 19.0 Å². The highest BCUT2D eigenvalue weighted by atomic mass is 16.5. The third-order valence-corrected chi connectivity index (χ3v) is 3.24. The zero-order valence-corrected chi connectivity index (χ0v) is 13.1. The Bertz CT molecular complexity index is 477. The van der Waals surface area contributed by atoms with Crippen molar-refractivity contribution in [3.8, 4) is 17.2 Å². The van der Waals surface area contributed by atoms with Gasteiger partial charge in [-0.3, -0.25) is 4.79 Å². The van der Waals surface area contributed by atoms with E-state index in [0.29, 0.717) is 42.4 Å². The summed E-state index contributed by atoms with van der Waals surface area (Å²) in [6, 6.07) is 3.30. The summed E-state index contributed by atoms with van der Waals surface area (Å²) in [4.78, 5) is 14.4. The molecular formula is C15H24N2O4. The summed E-state index contributed by atoms with van der Waals surface area (Å²) in [6.07, 6.45) is 0.759. The number of hydrogen-bond donors (Lipinski definition) is 1. The van der Waals surface area contributed by atoms with Crippen LogP contribution in [0.3, 0.4) is 0 Å². The summed E-state index contributed by atoms with van der Waals surface area (Å²) >= 11 is 0. The SMILES string of the molecule is CCN(CCCN)C(=O)c1cc(OC)c(OC)cc1OC. The Morgan fingerprint density at radius 2 is 1.67 bits per heavy atom. The molecule has 6 heteroatoms. The van der Waals surface area contributed by atoms with Gasteiger partial charge in [-0.15, -0.1) is 0 Å². The fourth-order valence-electron chi connectivity index (χ4n) is 2.05. The molecule has 0 unspecified atom stereocenters. The van der Waals surface area contributed by atoms with Crippen molar-refractivity contribution in [1.29, 1.82) is 0 Å². The van der Waals surface area contributed by atoms with Gasteiger partial charge in [0.25, 0.3) is 5.91 Å². The number of carbonyl (C=O) groups is 1. The zero-order valence-electron chi connectivity index (χ0n) is 13.1. The molecule has 0 saturated heterocycles. The summed E-state index contributed by atoms with van der Waals surface area (Å²) in [7, 11) is 4.59. The highest BCUT2D eigenvalue weighted by Gasteiger charge is 2.21. The zero-order chi connectivity index (χ0) is 15.8. The van der Waals surface area contributed by atoms with Gasteiger partial charge < -0.3 is 24.8 Å². The molecule has 1 aromatic rings. The topological polar surface area (TPSA) is 74.0 Å². The number of benzene rings is 1. The van der Waals surface area contributed by atoms with Crippen LogP contribution in [0.4, 0.5) is 0 Å². The highest BCUT2D eigenvalue weighted by molar-refractivity contribution is 5.97. The number of nitrogens with zero attached hydrogens (tertiary/aromatic N) is 1. The van der Waals surface area contributed by atoms with Crippen LogP contribution in [-0.4, -0.2) is 51.8 Å². The third kappa shape index (κ3) is 4.01. The lowest BCUT2D eigenvalue weighted by molar-refractivity contribution is 0.0759. The lowest BCUT2D eigenvalue weighted by atomic mass is 10.1. The van der Waals surface area contributed by atoms with Gasteiger partial charge in [-0.1, -0.05) is 0 Å². The number of methoxy groups -OCH3 is 3. The third-order valence-electron chi connectivity index (χ3n) is 3.24. The molecule has 0 bridgehead atoms. The van der Waals surface area contributed by atoms with Crippen LogP contribution in [-0.2, 0) is 0 Å². The van der Waals surface area contributed by atoms with Crippen LogP contribution in [0.25, 0.3) is 0 Å². The first-order valence-electron chi connectivity index (χ1n) is 6.92. The molecule has 0 aliphatic rings. The maximum absolute atomic E-state index is 12.6. The van der Waals surface area contributed by atoms with Crippen molar-refractivity contribution in [2.45, 2.75) is 13.3 Å². The van der Waals surface area contributed by atoms with Gasteiger partial charge in [0.2, 0.25) is 0 Å². The van der Waals surface area contributed by atoms with Gasteiger partial charge in [0.1, 0.15) is 5.75 Å². The van der Waals surface area contributed by atoms with Crippen LogP contribution < -0.4 is 19.9 Å². The van der Waals surface area contributed by atoms with E-state index in [4.69, 9.17) is 19.9 Å². The van der Waals surface area contributed by atoms with E-state index in [2.05, 4.69) is 0 Å². The number of hydrogen-bond acceptors (Lipinski definition) is 5. The normalized spacial score (nSPS) is 10.1. The molecule has 0 fully saturated rings. The number of rotatable bonds is 8. The molecule has 21 heavy (non-hydrogen) atoms. The lowest BCUT2D eigenvalue weighted by Gasteiger charge is -2.22. The Labute approximate surface area is 125 Å². The molecular weight excluding hydrogens is 272 g/mol. The molecule has 6 nitrogen and oxygen atoms in total. The molecule has 0 spiro atoms. The van der Waals surface area contributed by atoms with Gasteiger partial charge in [-0.2, -0.15) is 0 Å². The van der Waals surface area contributed by atoms with Gasteiger partial charge in [0.05, 0.1) is 26.9 Å². The van der Waals surface area contributed by atoms with Crippen molar-refractivity contribution in [3.63, 3.8) is 0 Å². The first-order valence-corrected chi connectivity index (χ1v) is 6.92. The van der Waals surface area contributed by atoms with Gasteiger partial charge in [-0.25, -0.2) is 0 Å². The monoisotopic (exact) mass is 296 g/mol. The van der Waals surface area contributed by atoms with Crippen molar-refractivity contribution in [1.82, 2.24) is 4.90 Å². The molecule has 118 valence electrons. The van der Waals surface area contributed by atoms with Crippen molar-refractivity contribution in [3.05, 3.63) is 17.7 Å². The molecule has 1 rings (SSSR count). The first-order chi connectivity index (χ1) is 10.1. The second-order valence-corrected chi connectivity index (χ2v) is 4.43. The maximum atomic E-state index is 12.6. The molecule has 0 saturated carbocycles. The van der Waals surface area contributed by atoms with E-state index in [-0.39, 0.29) is 5.91 Å². The second kappa shape index (κ2) is 8.36. The average molecular weight is 296 g/mol. The molecule has 1 amide bonds. The van der Waals surface area contributed by atoms with Gasteiger partial charge in [-0.05, 0) is 19.9 Å². The molecule has 2 N–H and O–H groups in total. The van der Waals surface area contributed by atoms with E-state index >= 15 is 0 Å². The summed E-state index contributed by atoms with van der Waals surface area (Å²) < 4.78 is 15.8. The van der Waals surface area contributed by atoms with Crippen molar-refractivity contribution in [2.75, 3.05) is 41.0 Å². The Morgan fingerprint density at radius 3 is 2.14 bits per heavy atom. The predicted molar refractivity (Wildman–Crippen MR) is 81.3 cm³/mol. The molecule has 0 radical (unpaired) electrons. The van der Waals surface area contributed by atoms with E-state index in [1.54, 1.807) is 24.1 Å². The van der Waals surface area contributed by atoms with E-state index in [0.717, 1.165) is 6.42 Å². The van der Waals surface area contributed by atoms with E-state index in [1.807, 2.05) is 6.92 Å². The quantitative estimate of drug-likeness (QED) is 0.787. The van der Waals surface area contributed by atoms with Gasteiger partial charge >= 0.3 is 0 Å². The van der Waals surface area contributed by atoms with Crippen LogP contribution in [0.5, 0.6) is 17.2 Å². The molecule has 0 aromatic heterocycles. The Kier molecular flexibility index (Phi) is 6.81. The lowest BCUT2D eigenvalue weighted by Crippen LogP contribution is -2.33. The molecule has 0 atom stereocenters. The predicted octanol–water partition coefficient (Wildman–Crippen LogP) is 1.52. The van der Waals surface area contributed by atoms with E-state index < -0.39 is 0 Å². The summed E-state index contributed by atoms with van der Waals surface area (Å²) in [6.45, 7) is 3.70. The first kappa shape index (κ1) is 17.1. The minimum absolute atomic E-state index is 0.108. The second-order valence-electron chi connectivity index (χ2n) is 4.43. The number of amides is 1. The van der Waals surface area contributed by atoms with Crippen LogP contribution in [0, 0.1) is 0 Å². The van der Waals surface area contributed by atoms with Crippen LogP contribution in [0.1, 0.15) is 23.7 Å². The smallest absolute Gasteiger partial charge is 0.257 e. The van der Waals surface area contributed by atoms with Crippen molar-refractivity contribution in [2.24, 2.45) is 5.73 Å². The summed E-state index contributed by atoms with van der Waals surface area (Å²) in [5.74, 6) is 1.38. The Morgan fingerprint density at radius 1 is 1.10 bits per heavy atom. The van der Waals surface area contributed by atoms with Crippen LogP contribution in [0.15, 0.2) is 12.1 Å². The van der Waals surface area contributed by atoms with E-state index in [9.17, 15) is 4.79 Å². The largest absolute Gasteiger partial charge is 0.496 e. The van der Waals surface area contributed by atoms with Crippen molar-refractivity contribution >= 4 is 5.91 Å². The van der Waals surface area contributed by atoms with Gasteiger partial charge in [0.15, 0.2) is 11.5 Å². The number of ether oxygens (including phenoxy) is 3. The fraction of sp³-hybridized carbons (Fsp3) is 0.533. The Balaban J connectivity index is 3.17. The van der Waals surface area contributed by atoms with Crippen LogP contribution in [0.2, 0.25) is 0 Å². The van der Waals surface area contributed by atoms with Crippen LogP contribution >= 0.6 is 0 Å². The maximum Gasteiger partial charge on any atom is 0.257 e. The number of nitrogens with two attached hydrogens (primary N) is 1. The minimum Gasteiger partial charge on any atom is -0.496 e. The number of carbonyl (C=O) groups excluding carboxylic acids is 1. The molecule has 0 aliphatic carbocycles. The van der Waals surface area contributed by atoms with Gasteiger partial charge in [0, 0.05) is 25.2 Å². The standard InChI is InChI=1S/C15H24N2O4/c1-5-17(8-6-7-16)15(18)11-9-13(20-3)14(21-4)10-12(11)19-2/h9-10H,5-8,16H2,1-4H3. The summed E-state index contributed by atoms with van der Waals surface area (Å²) in [5.41, 5.74) is 5.96. The minimum atomic E-state index is -0.108. The average Bonchev–Trinajstić information content (AvgIpc) is 2.53. The fourth-order valence-corrected chi connectivity index (χ4v) is 2.05. The molecule has 0 heterocycles. The van der Waals surface area contributed by atoms with E-state index in [1.165, 1.54) is 14.2 Å². The molecule has 0 aliphatic heterocycles.